The second-order valence-electron chi connectivity index (χ2n) is 3.65. The zero-order valence-electron chi connectivity index (χ0n) is 9.38. The van der Waals surface area contributed by atoms with Crippen molar-refractivity contribution >= 4 is 0 Å². The van der Waals surface area contributed by atoms with Crippen molar-refractivity contribution in [1.82, 2.24) is 5.32 Å². The summed E-state index contributed by atoms with van der Waals surface area (Å²) in [5.74, 6) is 0. The van der Waals surface area contributed by atoms with Gasteiger partial charge in [-0.2, -0.15) is 18.4 Å². The molecule has 1 rings (SSSR count). The van der Waals surface area contributed by atoms with Gasteiger partial charge < -0.3 is 0 Å². The van der Waals surface area contributed by atoms with Crippen LogP contribution in [-0.2, 0) is 6.42 Å². The Hall–Kier alpha value is -1.54. The van der Waals surface area contributed by atoms with Crippen LogP contribution in [-0.4, -0.2) is 12.7 Å². The van der Waals surface area contributed by atoms with E-state index in [1.54, 1.807) is 12.1 Å². The van der Waals surface area contributed by atoms with Gasteiger partial charge in [0.2, 0.25) is 0 Å². The molecule has 1 aromatic rings. The number of hydrogen-bond donors (Lipinski definition) is 1. The Labute approximate surface area is 98.1 Å². The molecule has 2 nitrogen and oxygen atoms in total. The average Bonchev–Trinajstić information content (AvgIpc) is 2.29. The molecule has 0 amide bonds. The van der Waals surface area contributed by atoms with E-state index in [1.807, 2.05) is 25.1 Å². The van der Waals surface area contributed by atoms with Gasteiger partial charge >= 0.3 is 6.18 Å². The number of alkyl halides is 3. The van der Waals surface area contributed by atoms with Crippen LogP contribution in [0.3, 0.4) is 0 Å². The summed E-state index contributed by atoms with van der Waals surface area (Å²) in [6, 6.07) is 7.87. The number of halogens is 3. The van der Waals surface area contributed by atoms with Gasteiger partial charge in [-0.1, -0.05) is 31.2 Å². The SMILES string of the molecule is CCc1ccc(C(C#N)NCC(F)(F)F)cc1. The van der Waals surface area contributed by atoms with Crippen molar-refractivity contribution in [3.05, 3.63) is 35.4 Å². The van der Waals surface area contributed by atoms with Crippen LogP contribution in [0.5, 0.6) is 0 Å². The van der Waals surface area contributed by atoms with Gasteiger partial charge in [-0.3, -0.25) is 5.32 Å². The van der Waals surface area contributed by atoms with Gasteiger partial charge in [0.25, 0.3) is 0 Å². The third-order valence-electron chi connectivity index (χ3n) is 2.36. The highest BCUT2D eigenvalue weighted by Crippen LogP contribution is 2.17. The molecule has 1 aromatic carbocycles. The minimum atomic E-state index is -4.31. The molecule has 17 heavy (non-hydrogen) atoms. The summed E-state index contributed by atoms with van der Waals surface area (Å²) < 4.78 is 36.0. The maximum atomic E-state index is 12.0. The van der Waals surface area contributed by atoms with E-state index in [0.717, 1.165) is 12.0 Å². The average molecular weight is 242 g/mol. The Bertz CT molecular complexity index is 390. The van der Waals surface area contributed by atoms with Crippen LogP contribution >= 0.6 is 0 Å². The zero-order valence-corrected chi connectivity index (χ0v) is 9.38. The van der Waals surface area contributed by atoms with Crippen LogP contribution in [0.1, 0.15) is 24.1 Å². The first-order chi connectivity index (χ1) is 7.96. The summed E-state index contributed by atoms with van der Waals surface area (Å²) in [5, 5.41) is 11.0. The number of nitriles is 1. The zero-order chi connectivity index (χ0) is 12.9. The van der Waals surface area contributed by atoms with E-state index in [1.165, 1.54) is 0 Å². The minimum Gasteiger partial charge on any atom is -0.290 e. The topological polar surface area (TPSA) is 35.8 Å². The number of benzene rings is 1. The highest BCUT2D eigenvalue weighted by Gasteiger charge is 2.28. The van der Waals surface area contributed by atoms with Gasteiger partial charge in [0, 0.05) is 0 Å². The lowest BCUT2D eigenvalue weighted by atomic mass is 10.0. The molecule has 0 saturated heterocycles. The number of rotatable bonds is 4. The molecule has 0 aliphatic heterocycles. The summed E-state index contributed by atoms with van der Waals surface area (Å²) in [5.41, 5.74) is 1.63. The van der Waals surface area contributed by atoms with Crippen LogP contribution in [0, 0.1) is 11.3 Å². The molecule has 1 N–H and O–H groups in total. The highest BCUT2D eigenvalue weighted by atomic mass is 19.4. The van der Waals surface area contributed by atoms with Crippen molar-refractivity contribution in [2.45, 2.75) is 25.6 Å². The predicted molar refractivity (Wildman–Crippen MR) is 58.2 cm³/mol. The van der Waals surface area contributed by atoms with Crippen molar-refractivity contribution in [1.29, 1.82) is 5.26 Å². The number of nitrogens with one attached hydrogen (secondary N) is 1. The van der Waals surface area contributed by atoms with E-state index in [0.29, 0.717) is 5.56 Å². The molecule has 0 heterocycles. The van der Waals surface area contributed by atoms with Crippen LogP contribution in [0.2, 0.25) is 0 Å². The van der Waals surface area contributed by atoms with E-state index >= 15 is 0 Å². The van der Waals surface area contributed by atoms with Crippen molar-refractivity contribution in [2.24, 2.45) is 0 Å². The molecular weight excluding hydrogens is 229 g/mol. The molecular formula is C12H13F3N2. The van der Waals surface area contributed by atoms with Gasteiger partial charge in [0.1, 0.15) is 6.04 Å². The van der Waals surface area contributed by atoms with E-state index in [4.69, 9.17) is 5.26 Å². The monoisotopic (exact) mass is 242 g/mol. The quantitative estimate of drug-likeness (QED) is 0.881. The maximum Gasteiger partial charge on any atom is 0.401 e. The molecule has 0 radical (unpaired) electrons. The third kappa shape index (κ3) is 4.45. The maximum absolute atomic E-state index is 12.0. The van der Waals surface area contributed by atoms with E-state index in [-0.39, 0.29) is 0 Å². The summed E-state index contributed by atoms with van der Waals surface area (Å²) in [6.45, 7) is 0.819. The van der Waals surface area contributed by atoms with Crippen molar-refractivity contribution in [2.75, 3.05) is 6.54 Å². The molecule has 0 spiro atoms. The van der Waals surface area contributed by atoms with Crippen molar-refractivity contribution < 1.29 is 13.2 Å². The van der Waals surface area contributed by atoms with Crippen LogP contribution in [0.15, 0.2) is 24.3 Å². The van der Waals surface area contributed by atoms with Crippen molar-refractivity contribution in [3.63, 3.8) is 0 Å². The smallest absolute Gasteiger partial charge is 0.290 e. The molecule has 0 aromatic heterocycles. The standard InChI is InChI=1S/C12H13F3N2/c1-2-9-3-5-10(6-4-9)11(7-16)17-8-12(13,14)15/h3-6,11,17H,2,8H2,1H3. The Morgan fingerprint density at radius 3 is 2.29 bits per heavy atom. The highest BCUT2D eigenvalue weighted by molar-refractivity contribution is 5.28. The van der Waals surface area contributed by atoms with Gasteiger partial charge in [0.05, 0.1) is 12.6 Å². The lowest BCUT2D eigenvalue weighted by Gasteiger charge is -2.13. The van der Waals surface area contributed by atoms with Crippen molar-refractivity contribution in [3.8, 4) is 6.07 Å². The van der Waals surface area contributed by atoms with Gasteiger partial charge in [-0.05, 0) is 17.5 Å². The third-order valence-corrected chi connectivity index (χ3v) is 2.36. The molecule has 0 bridgehead atoms. The van der Waals surface area contributed by atoms with E-state index in [2.05, 4.69) is 5.32 Å². The molecule has 0 saturated carbocycles. The summed E-state index contributed by atoms with van der Waals surface area (Å²) >= 11 is 0. The first-order valence-corrected chi connectivity index (χ1v) is 5.25. The second-order valence-corrected chi connectivity index (χ2v) is 3.65. The van der Waals surface area contributed by atoms with Gasteiger partial charge in [-0.15, -0.1) is 0 Å². The van der Waals surface area contributed by atoms with Gasteiger partial charge in [0.15, 0.2) is 0 Å². The van der Waals surface area contributed by atoms with Crippen LogP contribution in [0.4, 0.5) is 13.2 Å². The number of hydrogen-bond acceptors (Lipinski definition) is 2. The largest absolute Gasteiger partial charge is 0.401 e. The minimum absolute atomic E-state index is 0.550. The first-order valence-electron chi connectivity index (χ1n) is 5.25. The summed E-state index contributed by atoms with van der Waals surface area (Å²) in [6.07, 6.45) is -3.45. The number of nitrogens with zero attached hydrogens (tertiary/aromatic N) is 1. The fourth-order valence-corrected chi connectivity index (χ4v) is 1.40. The summed E-state index contributed by atoms with van der Waals surface area (Å²) in [7, 11) is 0. The molecule has 92 valence electrons. The molecule has 1 atom stereocenters. The predicted octanol–water partition coefficient (Wildman–Crippen LogP) is 2.97. The Morgan fingerprint density at radius 2 is 1.88 bits per heavy atom. The van der Waals surface area contributed by atoms with Gasteiger partial charge in [-0.25, -0.2) is 0 Å². The summed E-state index contributed by atoms with van der Waals surface area (Å²) in [4.78, 5) is 0. The molecule has 1 unspecified atom stereocenters. The normalized spacial score (nSPS) is 13.1. The molecule has 5 heteroatoms. The fraction of sp³-hybridized carbons (Fsp3) is 0.417. The Balaban J connectivity index is 2.70. The molecule has 0 aliphatic rings. The van der Waals surface area contributed by atoms with Crippen LogP contribution < -0.4 is 5.32 Å². The van der Waals surface area contributed by atoms with E-state index in [9.17, 15) is 13.2 Å². The Kier molecular flexibility index (Phi) is 4.53. The molecule has 0 aliphatic carbocycles. The molecule has 0 fully saturated rings. The Morgan fingerprint density at radius 1 is 1.29 bits per heavy atom. The second kappa shape index (κ2) is 5.69. The lowest BCUT2D eigenvalue weighted by Crippen LogP contribution is -2.31. The van der Waals surface area contributed by atoms with E-state index < -0.39 is 18.8 Å². The lowest BCUT2D eigenvalue weighted by molar-refractivity contribution is -0.125. The number of aryl methyl sites for hydroxylation is 1. The van der Waals surface area contributed by atoms with Crippen LogP contribution in [0.25, 0.3) is 0 Å². The fourth-order valence-electron chi connectivity index (χ4n) is 1.40. The first kappa shape index (κ1) is 13.5.